The van der Waals surface area contributed by atoms with Crippen molar-refractivity contribution in [3.8, 4) is 0 Å². The van der Waals surface area contributed by atoms with Gasteiger partial charge < -0.3 is 23.4 Å². The van der Waals surface area contributed by atoms with E-state index in [0.29, 0.717) is 32.3 Å². The van der Waals surface area contributed by atoms with Crippen molar-refractivity contribution in [2.24, 2.45) is 10.8 Å². The summed E-state index contributed by atoms with van der Waals surface area (Å²) in [5.41, 5.74) is -0.857. The van der Waals surface area contributed by atoms with E-state index in [9.17, 15) is 14.7 Å². The topological polar surface area (TPSA) is 93.1 Å². The second kappa shape index (κ2) is 17.8. The molecule has 28 heavy (non-hydrogen) atoms. The van der Waals surface area contributed by atoms with Crippen LogP contribution in [0.2, 0.25) is 0 Å². The van der Waals surface area contributed by atoms with E-state index in [1.54, 1.807) is 13.8 Å². The molecule has 0 aromatic rings. The maximum atomic E-state index is 11.7. The van der Waals surface area contributed by atoms with Gasteiger partial charge in [-0.05, 0) is 28.4 Å². The van der Waals surface area contributed by atoms with Gasteiger partial charge in [-0.15, -0.1) is 0 Å². The van der Waals surface area contributed by atoms with Gasteiger partial charge in [-0.1, -0.05) is 51.5 Å². The van der Waals surface area contributed by atoms with E-state index >= 15 is 0 Å². The molecule has 0 saturated carbocycles. The van der Waals surface area contributed by atoms with E-state index in [1.165, 1.54) is 0 Å². The third-order valence-corrected chi connectivity index (χ3v) is 4.76. The molecule has 2 radical (unpaired) electrons. The quantitative estimate of drug-likeness (QED) is 0.146. The van der Waals surface area contributed by atoms with Gasteiger partial charge in [-0.2, -0.15) is 0 Å². The summed E-state index contributed by atoms with van der Waals surface area (Å²) in [6.45, 7) is 8.34. The predicted octanol–water partition coefficient (Wildman–Crippen LogP) is 2.45. The second-order valence-electron chi connectivity index (χ2n) is 7.81. The summed E-state index contributed by atoms with van der Waals surface area (Å²) in [7, 11) is 2.20. The van der Waals surface area contributed by atoms with Crippen molar-refractivity contribution in [3.05, 3.63) is 0 Å². The molecule has 0 aliphatic rings. The number of ketones is 1. The van der Waals surface area contributed by atoms with Crippen molar-refractivity contribution in [2.45, 2.75) is 72.3 Å². The lowest BCUT2D eigenvalue weighted by atomic mass is 9.85. The summed E-state index contributed by atoms with van der Waals surface area (Å²) in [6.07, 6.45) is 4.04. The first-order valence-corrected chi connectivity index (χ1v) is 10.9. The summed E-state index contributed by atoms with van der Waals surface area (Å²) in [4.78, 5) is 21.8. The van der Waals surface area contributed by atoms with Crippen molar-refractivity contribution >= 4 is 50.0 Å². The molecular formula is C18H36B2O6S2. The zero-order valence-corrected chi connectivity index (χ0v) is 19.2. The molecular weight excluding hydrogens is 398 g/mol. The molecule has 162 valence electrons. The Morgan fingerprint density at radius 1 is 1.14 bits per heavy atom. The van der Waals surface area contributed by atoms with Crippen LogP contribution >= 0.6 is 23.8 Å². The van der Waals surface area contributed by atoms with E-state index < -0.39 is 11.5 Å². The number of hydrogen-bond acceptors (Lipinski definition) is 8. The number of unbranched alkanes of at least 4 members (excludes halogenated alkanes) is 2. The van der Waals surface area contributed by atoms with Gasteiger partial charge in [0, 0.05) is 30.3 Å². The van der Waals surface area contributed by atoms with Crippen molar-refractivity contribution < 1.29 is 28.2 Å². The van der Waals surface area contributed by atoms with E-state index in [0.717, 1.165) is 57.1 Å². The van der Waals surface area contributed by atoms with Gasteiger partial charge in [-0.25, -0.2) is 0 Å². The lowest BCUT2D eigenvalue weighted by molar-refractivity contribution is -0.128. The van der Waals surface area contributed by atoms with Crippen LogP contribution in [0.4, 0.5) is 0 Å². The van der Waals surface area contributed by atoms with E-state index in [2.05, 4.69) is 0 Å². The molecule has 0 saturated heterocycles. The van der Waals surface area contributed by atoms with Gasteiger partial charge in [0.1, 0.15) is 12.1 Å². The number of carbonyl (C=O) groups excluding carboxylic acids is 2. The van der Waals surface area contributed by atoms with Crippen LogP contribution < -0.4 is 0 Å². The SMILES string of the molecule is [3H][B]SOCC(C)(C)C(=O)CCCC=O.[3H][B]SOCC(C)(C)C(O)CCCCO. The van der Waals surface area contributed by atoms with Crippen LogP contribution in [0.5, 0.6) is 0 Å². The Morgan fingerprint density at radius 2 is 1.75 bits per heavy atom. The largest absolute Gasteiger partial charge is 0.396 e. The zero-order valence-electron chi connectivity index (χ0n) is 19.5. The first-order valence-electron chi connectivity index (χ1n) is 10.5. The number of aldehydes is 1. The Morgan fingerprint density at radius 3 is 2.29 bits per heavy atom. The monoisotopic (exact) mass is 438 g/mol. The molecule has 0 spiro atoms. The molecule has 0 heterocycles. The standard InChI is InChI=1S/C9H20BO3S.C9H16BO3S/c2*1-9(2,7-13-14-10)8(12)5-3-4-6-11/h8,10-12H,3-7H2,1-2H3;6,10H,3-5,7H2,1-2H3/i2*10T. The number of aliphatic hydroxyl groups excluding tert-OH is 2. The van der Waals surface area contributed by atoms with Crippen LogP contribution in [0.3, 0.4) is 0 Å². The van der Waals surface area contributed by atoms with E-state index in [4.69, 9.17) is 16.1 Å². The van der Waals surface area contributed by atoms with E-state index in [1.807, 2.05) is 13.8 Å². The molecule has 1 unspecified atom stereocenters. The second-order valence-corrected chi connectivity index (χ2v) is 8.66. The van der Waals surface area contributed by atoms with Gasteiger partial charge in [-0.3, -0.25) is 4.79 Å². The number of rotatable bonds is 18. The molecule has 0 bridgehead atoms. The van der Waals surface area contributed by atoms with Gasteiger partial charge >= 0.3 is 0 Å². The average Bonchev–Trinajstić information content (AvgIpc) is 2.69. The van der Waals surface area contributed by atoms with Gasteiger partial charge in [0.15, 0.2) is 0 Å². The van der Waals surface area contributed by atoms with Gasteiger partial charge in [0.25, 0.3) is 0 Å². The summed E-state index contributed by atoms with van der Waals surface area (Å²) in [5, 5.41) is 18.5. The van der Waals surface area contributed by atoms with Crippen molar-refractivity contribution in [3.63, 3.8) is 0 Å². The van der Waals surface area contributed by atoms with Crippen LogP contribution in [0.15, 0.2) is 0 Å². The highest BCUT2D eigenvalue weighted by atomic mass is 32.2. The molecule has 1 atom stereocenters. The van der Waals surface area contributed by atoms with Crippen LogP contribution in [0.1, 0.15) is 66.2 Å². The van der Waals surface area contributed by atoms with E-state index in [-0.39, 0.29) is 24.4 Å². The Hall–Kier alpha value is 0.00987. The minimum Gasteiger partial charge on any atom is -0.396 e. The fraction of sp³-hybridized carbons (Fsp3) is 0.889. The maximum Gasteiger partial charge on any atom is 0.209 e. The third kappa shape index (κ3) is 15.9. The van der Waals surface area contributed by atoms with Crippen LogP contribution in [0, 0.1) is 10.8 Å². The summed E-state index contributed by atoms with van der Waals surface area (Å²) in [5.74, 6) is 0.0925. The zero-order chi connectivity index (χ0) is 23.5. The minimum absolute atomic E-state index is 0.0925. The minimum atomic E-state index is -0.543. The Labute approximate surface area is 184 Å². The van der Waals surface area contributed by atoms with Crippen molar-refractivity contribution in [1.29, 1.82) is 2.67 Å². The lowest BCUT2D eigenvalue weighted by Crippen LogP contribution is -2.33. The Bertz CT molecular complexity index is 449. The highest BCUT2D eigenvalue weighted by Gasteiger charge is 2.28. The summed E-state index contributed by atoms with van der Waals surface area (Å²) in [6, 6.07) is 0. The molecule has 10 heteroatoms. The summed E-state index contributed by atoms with van der Waals surface area (Å²) >= 11 is 1.89. The number of hydrogen-bond donors (Lipinski definition) is 2. The number of Topliss-reactive ketones (excluding diaryl/α,β-unsaturated/α-hetero) is 1. The lowest BCUT2D eigenvalue weighted by Gasteiger charge is -2.29. The normalized spacial score (nSPS) is 13.5. The average molecular weight is 438 g/mol. The Kier molecular flexibility index (Phi) is 16.6. The fourth-order valence-corrected chi connectivity index (χ4v) is 2.80. The summed E-state index contributed by atoms with van der Waals surface area (Å²) < 4.78 is 23.7. The molecule has 0 amide bonds. The molecule has 0 aromatic carbocycles. The maximum absolute atomic E-state index is 11.7. The Balaban J connectivity index is 0. The van der Waals surface area contributed by atoms with Gasteiger partial charge in [0.2, 0.25) is 14.2 Å². The molecule has 0 fully saturated rings. The smallest absolute Gasteiger partial charge is 0.209 e. The molecule has 0 aromatic heterocycles. The third-order valence-electron chi connectivity index (χ3n) is 4.26. The van der Waals surface area contributed by atoms with Crippen LogP contribution in [0.25, 0.3) is 0 Å². The first-order chi connectivity index (χ1) is 14.1. The number of aliphatic hydroxyl groups is 2. The molecule has 0 rings (SSSR count). The first kappa shape index (κ1) is 26.0. The number of carbonyl (C=O) groups is 2. The van der Waals surface area contributed by atoms with Crippen LogP contribution in [-0.4, -0.2) is 65.1 Å². The highest BCUT2D eigenvalue weighted by molar-refractivity contribution is 8.16. The van der Waals surface area contributed by atoms with Gasteiger partial charge in [0.05, 0.1) is 19.3 Å². The molecule has 6 nitrogen and oxygen atoms in total. The fourth-order valence-electron chi connectivity index (χ4n) is 2.07. The predicted molar refractivity (Wildman–Crippen MR) is 121 cm³/mol. The molecule has 0 aliphatic carbocycles. The van der Waals surface area contributed by atoms with Crippen molar-refractivity contribution in [2.75, 3.05) is 19.8 Å². The highest BCUT2D eigenvalue weighted by Crippen LogP contribution is 2.26. The molecule has 0 aliphatic heterocycles. The van der Waals surface area contributed by atoms with Crippen LogP contribution in [-0.2, 0) is 18.0 Å². The molecule has 2 N–H and O–H groups in total. The van der Waals surface area contributed by atoms with Crippen molar-refractivity contribution in [1.82, 2.24) is 0 Å².